The lowest BCUT2D eigenvalue weighted by Gasteiger charge is -2.11. The second kappa shape index (κ2) is 7.13. The molecule has 0 aliphatic rings. The lowest BCUT2D eigenvalue weighted by Crippen LogP contribution is -2.07. The first-order valence-electron chi connectivity index (χ1n) is 5.20. The van der Waals surface area contributed by atoms with E-state index in [0.717, 1.165) is 35.6 Å². The Morgan fingerprint density at radius 1 is 1.33 bits per heavy atom. The molecule has 0 N–H and O–H groups in total. The molecule has 84 valence electrons. The van der Waals surface area contributed by atoms with Crippen molar-refractivity contribution in [1.82, 2.24) is 0 Å². The van der Waals surface area contributed by atoms with Crippen LogP contribution >= 0.6 is 27.5 Å². The van der Waals surface area contributed by atoms with Gasteiger partial charge >= 0.3 is 0 Å². The normalized spacial score (nSPS) is 12.5. The molecule has 0 heterocycles. The van der Waals surface area contributed by atoms with Crippen molar-refractivity contribution >= 4 is 27.5 Å². The molecule has 0 aliphatic carbocycles. The van der Waals surface area contributed by atoms with Gasteiger partial charge in [-0.2, -0.15) is 0 Å². The molecular formula is C12H16BrClO. The van der Waals surface area contributed by atoms with Gasteiger partial charge in [-0.05, 0) is 36.6 Å². The fourth-order valence-corrected chi connectivity index (χ4v) is 1.90. The lowest BCUT2D eigenvalue weighted by molar-refractivity contribution is 0.282. The molecule has 15 heavy (non-hydrogen) atoms. The predicted octanol–water partition coefficient (Wildman–Crippen LogP) is 4.48. The van der Waals surface area contributed by atoms with Crippen LogP contribution in [0.3, 0.4) is 0 Å². The van der Waals surface area contributed by atoms with E-state index in [-0.39, 0.29) is 0 Å². The third kappa shape index (κ3) is 4.89. The Hall–Kier alpha value is -0.210. The Morgan fingerprint density at radius 3 is 2.53 bits per heavy atom. The monoisotopic (exact) mass is 290 g/mol. The minimum absolute atomic E-state index is 0.571. The van der Waals surface area contributed by atoms with Crippen LogP contribution in [0.1, 0.15) is 19.8 Å². The minimum Gasteiger partial charge on any atom is -0.494 e. The smallest absolute Gasteiger partial charge is 0.119 e. The van der Waals surface area contributed by atoms with Gasteiger partial charge in [0.05, 0.1) is 6.61 Å². The van der Waals surface area contributed by atoms with Gasteiger partial charge in [-0.3, -0.25) is 0 Å². The Bertz CT molecular complexity index is 269. The Kier molecular flexibility index (Phi) is 6.11. The van der Waals surface area contributed by atoms with Gasteiger partial charge in [0.25, 0.3) is 0 Å². The fourth-order valence-electron chi connectivity index (χ4n) is 1.26. The molecule has 0 fully saturated rings. The average molecular weight is 292 g/mol. The lowest BCUT2D eigenvalue weighted by atomic mass is 10.1. The first-order valence-corrected chi connectivity index (χ1v) is 6.53. The maximum absolute atomic E-state index is 5.81. The summed E-state index contributed by atoms with van der Waals surface area (Å²) in [5, 5.41) is 0. The second-order valence-electron chi connectivity index (χ2n) is 3.52. The molecule has 1 aromatic carbocycles. The third-order valence-corrected chi connectivity index (χ3v) is 3.37. The highest BCUT2D eigenvalue weighted by Crippen LogP contribution is 2.17. The Morgan fingerprint density at radius 2 is 2.00 bits per heavy atom. The molecular weight excluding hydrogens is 275 g/mol. The van der Waals surface area contributed by atoms with Gasteiger partial charge in [-0.25, -0.2) is 0 Å². The molecule has 0 aliphatic heterocycles. The molecule has 0 amide bonds. The Labute approximate surface area is 105 Å². The van der Waals surface area contributed by atoms with E-state index in [1.807, 2.05) is 24.3 Å². The molecule has 1 atom stereocenters. The van der Waals surface area contributed by atoms with E-state index < -0.39 is 0 Å². The minimum atomic E-state index is 0.571. The standard InChI is InChI=1S/C12H16BrClO/c1-2-10(9-14)7-8-15-12-5-3-11(13)4-6-12/h3-6,10H,2,7-9H2,1H3. The number of benzene rings is 1. The van der Waals surface area contributed by atoms with Crippen LogP contribution in [0.4, 0.5) is 0 Å². The summed E-state index contributed by atoms with van der Waals surface area (Å²) in [5.74, 6) is 2.21. The molecule has 1 rings (SSSR count). The van der Waals surface area contributed by atoms with E-state index >= 15 is 0 Å². The maximum atomic E-state index is 5.81. The number of rotatable bonds is 6. The highest BCUT2D eigenvalue weighted by molar-refractivity contribution is 9.10. The van der Waals surface area contributed by atoms with Crippen LogP contribution in [-0.4, -0.2) is 12.5 Å². The molecule has 1 aromatic rings. The molecule has 0 radical (unpaired) electrons. The van der Waals surface area contributed by atoms with Gasteiger partial charge in [-0.15, -0.1) is 11.6 Å². The SMILES string of the molecule is CCC(CCl)CCOc1ccc(Br)cc1. The van der Waals surface area contributed by atoms with Crippen molar-refractivity contribution in [3.8, 4) is 5.75 Å². The van der Waals surface area contributed by atoms with Crippen LogP contribution in [0, 0.1) is 5.92 Å². The summed E-state index contributed by atoms with van der Waals surface area (Å²) in [6, 6.07) is 7.89. The van der Waals surface area contributed by atoms with Gasteiger partial charge < -0.3 is 4.74 Å². The largest absolute Gasteiger partial charge is 0.494 e. The summed E-state index contributed by atoms with van der Waals surface area (Å²) < 4.78 is 6.69. The van der Waals surface area contributed by atoms with Crippen LogP contribution in [-0.2, 0) is 0 Å². The molecule has 3 heteroatoms. The van der Waals surface area contributed by atoms with Crippen molar-refractivity contribution in [2.75, 3.05) is 12.5 Å². The zero-order valence-electron chi connectivity index (χ0n) is 8.88. The first kappa shape index (κ1) is 12.9. The van der Waals surface area contributed by atoms with E-state index in [2.05, 4.69) is 22.9 Å². The molecule has 0 saturated carbocycles. The van der Waals surface area contributed by atoms with Crippen molar-refractivity contribution in [2.24, 2.45) is 5.92 Å². The maximum Gasteiger partial charge on any atom is 0.119 e. The number of hydrogen-bond acceptors (Lipinski definition) is 1. The predicted molar refractivity (Wildman–Crippen MR) is 68.8 cm³/mol. The van der Waals surface area contributed by atoms with Crippen LogP contribution in [0.2, 0.25) is 0 Å². The van der Waals surface area contributed by atoms with Gasteiger partial charge in [-0.1, -0.05) is 29.3 Å². The molecule has 0 aromatic heterocycles. The number of halogens is 2. The van der Waals surface area contributed by atoms with E-state index in [0.29, 0.717) is 5.92 Å². The number of hydrogen-bond donors (Lipinski definition) is 0. The molecule has 0 spiro atoms. The highest BCUT2D eigenvalue weighted by atomic mass is 79.9. The number of ether oxygens (including phenoxy) is 1. The van der Waals surface area contributed by atoms with Gasteiger partial charge in [0, 0.05) is 10.4 Å². The Balaban J connectivity index is 2.28. The van der Waals surface area contributed by atoms with Crippen LogP contribution in [0.15, 0.2) is 28.7 Å². The molecule has 1 nitrogen and oxygen atoms in total. The van der Waals surface area contributed by atoms with Crippen molar-refractivity contribution in [3.63, 3.8) is 0 Å². The zero-order valence-corrected chi connectivity index (χ0v) is 11.2. The summed E-state index contributed by atoms with van der Waals surface area (Å²) >= 11 is 9.19. The zero-order chi connectivity index (χ0) is 11.1. The van der Waals surface area contributed by atoms with E-state index in [4.69, 9.17) is 16.3 Å². The summed E-state index contributed by atoms with van der Waals surface area (Å²) in [5.41, 5.74) is 0. The van der Waals surface area contributed by atoms with Gasteiger partial charge in [0.1, 0.15) is 5.75 Å². The van der Waals surface area contributed by atoms with Crippen LogP contribution in [0.5, 0.6) is 5.75 Å². The van der Waals surface area contributed by atoms with Crippen LogP contribution in [0.25, 0.3) is 0 Å². The van der Waals surface area contributed by atoms with Gasteiger partial charge in [0.2, 0.25) is 0 Å². The van der Waals surface area contributed by atoms with E-state index in [1.165, 1.54) is 0 Å². The van der Waals surface area contributed by atoms with Crippen molar-refractivity contribution in [3.05, 3.63) is 28.7 Å². The molecule has 1 unspecified atom stereocenters. The fraction of sp³-hybridized carbons (Fsp3) is 0.500. The summed E-state index contributed by atoms with van der Waals surface area (Å²) in [4.78, 5) is 0. The number of alkyl halides is 1. The summed E-state index contributed by atoms with van der Waals surface area (Å²) in [6.45, 7) is 2.90. The topological polar surface area (TPSA) is 9.23 Å². The van der Waals surface area contributed by atoms with Crippen LogP contribution < -0.4 is 4.74 Å². The molecule has 0 saturated heterocycles. The van der Waals surface area contributed by atoms with Gasteiger partial charge in [0.15, 0.2) is 0 Å². The van der Waals surface area contributed by atoms with Crippen molar-refractivity contribution in [1.29, 1.82) is 0 Å². The molecule has 0 bridgehead atoms. The van der Waals surface area contributed by atoms with E-state index in [1.54, 1.807) is 0 Å². The first-order chi connectivity index (χ1) is 7.26. The third-order valence-electron chi connectivity index (χ3n) is 2.40. The summed E-state index contributed by atoms with van der Waals surface area (Å²) in [6.07, 6.45) is 2.14. The summed E-state index contributed by atoms with van der Waals surface area (Å²) in [7, 11) is 0. The van der Waals surface area contributed by atoms with Crippen molar-refractivity contribution in [2.45, 2.75) is 19.8 Å². The highest BCUT2D eigenvalue weighted by Gasteiger charge is 2.04. The second-order valence-corrected chi connectivity index (χ2v) is 4.74. The van der Waals surface area contributed by atoms with E-state index in [9.17, 15) is 0 Å². The average Bonchev–Trinajstić information content (AvgIpc) is 2.27. The van der Waals surface area contributed by atoms with Crippen molar-refractivity contribution < 1.29 is 4.74 Å². The quantitative estimate of drug-likeness (QED) is 0.702.